The lowest BCUT2D eigenvalue weighted by Crippen LogP contribution is -2.36. The van der Waals surface area contributed by atoms with Crippen molar-refractivity contribution in [3.8, 4) is 0 Å². The summed E-state index contributed by atoms with van der Waals surface area (Å²) in [5, 5.41) is 1.87. The fourth-order valence-electron chi connectivity index (χ4n) is 1.24. The van der Waals surface area contributed by atoms with E-state index >= 15 is 0 Å². The molecule has 0 bridgehead atoms. The molecule has 0 aromatic carbocycles. The highest BCUT2D eigenvalue weighted by Gasteiger charge is 2.28. The van der Waals surface area contributed by atoms with Crippen LogP contribution in [-0.4, -0.2) is 24.7 Å². The topological polar surface area (TPSA) is 55.1 Å². The van der Waals surface area contributed by atoms with Gasteiger partial charge in [0.2, 0.25) is 5.91 Å². The molecule has 0 spiro atoms. The van der Waals surface area contributed by atoms with Crippen LogP contribution in [0.2, 0.25) is 0 Å². The standard InChI is InChI=1S/C10H19F3N2O/c1-7(4-3-5-8(2)14)9(16)15-6-10(11,12)13/h7-8H,3-6,14H2,1-2H3,(H,15,16). The number of hydrogen-bond donors (Lipinski definition) is 2. The maximum atomic E-state index is 11.8. The molecule has 1 amide bonds. The first-order valence-corrected chi connectivity index (χ1v) is 5.32. The van der Waals surface area contributed by atoms with Crippen LogP contribution in [0.5, 0.6) is 0 Å². The number of alkyl halides is 3. The van der Waals surface area contributed by atoms with Crippen LogP contribution < -0.4 is 11.1 Å². The van der Waals surface area contributed by atoms with Gasteiger partial charge in [-0.15, -0.1) is 0 Å². The van der Waals surface area contributed by atoms with Gasteiger partial charge in [-0.25, -0.2) is 0 Å². The van der Waals surface area contributed by atoms with Gasteiger partial charge in [-0.05, 0) is 19.8 Å². The number of halogens is 3. The van der Waals surface area contributed by atoms with Gasteiger partial charge in [-0.2, -0.15) is 13.2 Å². The van der Waals surface area contributed by atoms with E-state index in [0.29, 0.717) is 6.42 Å². The van der Waals surface area contributed by atoms with Crippen LogP contribution in [0.4, 0.5) is 13.2 Å². The summed E-state index contributed by atoms with van der Waals surface area (Å²) in [5.41, 5.74) is 5.52. The molecule has 2 atom stereocenters. The summed E-state index contributed by atoms with van der Waals surface area (Å²) in [6.07, 6.45) is -2.26. The highest BCUT2D eigenvalue weighted by atomic mass is 19.4. The Morgan fingerprint density at radius 1 is 1.31 bits per heavy atom. The average molecular weight is 240 g/mol. The zero-order chi connectivity index (χ0) is 12.8. The van der Waals surface area contributed by atoms with Crippen molar-refractivity contribution in [1.82, 2.24) is 5.32 Å². The van der Waals surface area contributed by atoms with Gasteiger partial charge in [-0.1, -0.05) is 13.3 Å². The minimum absolute atomic E-state index is 0.0606. The zero-order valence-corrected chi connectivity index (χ0v) is 9.60. The second-order valence-electron chi connectivity index (χ2n) is 4.14. The molecule has 0 aliphatic heterocycles. The number of rotatable bonds is 6. The summed E-state index contributed by atoms with van der Waals surface area (Å²) >= 11 is 0. The molecule has 0 saturated carbocycles. The highest BCUT2D eigenvalue weighted by Crippen LogP contribution is 2.14. The molecule has 3 N–H and O–H groups in total. The number of nitrogens with one attached hydrogen (secondary N) is 1. The Balaban J connectivity index is 3.74. The van der Waals surface area contributed by atoms with Gasteiger partial charge in [0.05, 0.1) is 0 Å². The minimum atomic E-state index is -4.35. The molecule has 0 radical (unpaired) electrons. The monoisotopic (exact) mass is 240 g/mol. The van der Waals surface area contributed by atoms with Crippen LogP contribution in [0.3, 0.4) is 0 Å². The van der Waals surface area contributed by atoms with Gasteiger partial charge in [0, 0.05) is 12.0 Å². The third-order valence-electron chi connectivity index (χ3n) is 2.21. The van der Waals surface area contributed by atoms with Gasteiger partial charge >= 0.3 is 6.18 Å². The molecule has 6 heteroatoms. The van der Waals surface area contributed by atoms with Crippen LogP contribution >= 0.6 is 0 Å². The van der Waals surface area contributed by atoms with Gasteiger partial charge < -0.3 is 11.1 Å². The Morgan fingerprint density at radius 3 is 2.31 bits per heavy atom. The Hall–Kier alpha value is -0.780. The molecule has 2 unspecified atom stereocenters. The van der Waals surface area contributed by atoms with Crippen molar-refractivity contribution < 1.29 is 18.0 Å². The minimum Gasteiger partial charge on any atom is -0.347 e. The molecular weight excluding hydrogens is 221 g/mol. The number of hydrogen-bond acceptors (Lipinski definition) is 2. The molecule has 0 aliphatic rings. The number of nitrogens with two attached hydrogens (primary N) is 1. The summed E-state index contributed by atoms with van der Waals surface area (Å²) in [6.45, 7) is 2.21. The lowest BCUT2D eigenvalue weighted by Gasteiger charge is -2.13. The maximum absolute atomic E-state index is 11.8. The van der Waals surface area contributed by atoms with E-state index in [9.17, 15) is 18.0 Å². The van der Waals surface area contributed by atoms with E-state index < -0.39 is 24.5 Å². The van der Waals surface area contributed by atoms with E-state index in [0.717, 1.165) is 12.8 Å². The molecule has 0 fully saturated rings. The van der Waals surface area contributed by atoms with Crippen molar-refractivity contribution in [2.75, 3.05) is 6.54 Å². The lowest BCUT2D eigenvalue weighted by molar-refractivity contribution is -0.140. The predicted molar refractivity (Wildman–Crippen MR) is 55.7 cm³/mol. The van der Waals surface area contributed by atoms with E-state index in [1.165, 1.54) is 0 Å². The number of carbonyl (C=O) groups excluding carboxylic acids is 1. The summed E-state index contributed by atoms with van der Waals surface area (Å²) < 4.78 is 35.4. The Kier molecular flexibility index (Phi) is 6.40. The third kappa shape index (κ3) is 8.52. The molecule has 0 saturated heterocycles. The SMILES string of the molecule is CC(N)CCCC(C)C(=O)NCC(F)(F)F. The third-order valence-corrected chi connectivity index (χ3v) is 2.21. The van der Waals surface area contributed by atoms with Crippen molar-refractivity contribution in [3.05, 3.63) is 0 Å². The number of carbonyl (C=O) groups is 1. The van der Waals surface area contributed by atoms with E-state index in [1.807, 2.05) is 12.2 Å². The summed E-state index contributed by atoms with van der Waals surface area (Å²) in [6, 6.07) is 0.0606. The predicted octanol–water partition coefficient (Wildman–Crippen LogP) is 1.82. The summed E-state index contributed by atoms with van der Waals surface area (Å²) in [4.78, 5) is 11.2. The molecule has 0 heterocycles. The molecule has 0 aliphatic carbocycles. The van der Waals surface area contributed by atoms with Crippen LogP contribution in [0, 0.1) is 5.92 Å². The smallest absolute Gasteiger partial charge is 0.347 e. The van der Waals surface area contributed by atoms with Gasteiger partial charge in [0.1, 0.15) is 6.54 Å². The first-order chi connectivity index (χ1) is 7.22. The second kappa shape index (κ2) is 6.73. The summed E-state index contributed by atoms with van der Waals surface area (Å²) in [5.74, 6) is -0.955. The molecular formula is C10H19F3N2O. The molecule has 96 valence electrons. The quantitative estimate of drug-likeness (QED) is 0.744. The van der Waals surface area contributed by atoms with Crippen molar-refractivity contribution >= 4 is 5.91 Å². The van der Waals surface area contributed by atoms with Gasteiger partial charge in [0.15, 0.2) is 0 Å². The molecule has 0 aromatic heterocycles. The second-order valence-corrected chi connectivity index (χ2v) is 4.14. The van der Waals surface area contributed by atoms with Crippen molar-refractivity contribution in [3.63, 3.8) is 0 Å². The Labute approximate surface area is 93.6 Å². The molecule has 0 rings (SSSR count). The fraction of sp³-hybridized carbons (Fsp3) is 0.900. The Bertz CT molecular complexity index is 217. The van der Waals surface area contributed by atoms with Crippen LogP contribution in [0.15, 0.2) is 0 Å². The van der Waals surface area contributed by atoms with Gasteiger partial charge in [-0.3, -0.25) is 4.79 Å². The van der Waals surface area contributed by atoms with Crippen molar-refractivity contribution in [2.24, 2.45) is 11.7 Å². The average Bonchev–Trinajstić information content (AvgIpc) is 2.12. The van der Waals surface area contributed by atoms with E-state index in [1.54, 1.807) is 6.92 Å². The van der Waals surface area contributed by atoms with Crippen LogP contribution in [-0.2, 0) is 4.79 Å². The zero-order valence-electron chi connectivity index (χ0n) is 9.60. The molecule has 16 heavy (non-hydrogen) atoms. The van der Waals surface area contributed by atoms with Crippen LogP contribution in [0.1, 0.15) is 33.1 Å². The summed E-state index contributed by atoms with van der Waals surface area (Å²) in [7, 11) is 0. The van der Waals surface area contributed by atoms with Crippen LogP contribution in [0.25, 0.3) is 0 Å². The normalized spacial score (nSPS) is 15.6. The Morgan fingerprint density at radius 2 is 1.88 bits per heavy atom. The van der Waals surface area contributed by atoms with Gasteiger partial charge in [0.25, 0.3) is 0 Å². The van der Waals surface area contributed by atoms with E-state index in [4.69, 9.17) is 5.73 Å². The number of amides is 1. The first kappa shape index (κ1) is 15.2. The van der Waals surface area contributed by atoms with Crippen molar-refractivity contribution in [1.29, 1.82) is 0 Å². The highest BCUT2D eigenvalue weighted by molar-refractivity contribution is 5.78. The fourth-order valence-corrected chi connectivity index (χ4v) is 1.24. The molecule has 3 nitrogen and oxygen atoms in total. The first-order valence-electron chi connectivity index (χ1n) is 5.32. The van der Waals surface area contributed by atoms with Crippen molar-refractivity contribution in [2.45, 2.75) is 45.3 Å². The maximum Gasteiger partial charge on any atom is 0.405 e. The lowest BCUT2D eigenvalue weighted by atomic mass is 10.0. The molecule has 0 aromatic rings. The van der Waals surface area contributed by atoms with E-state index in [-0.39, 0.29) is 6.04 Å². The largest absolute Gasteiger partial charge is 0.405 e. The van der Waals surface area contributed by atoms with E-state index in [2.05, 4.69) is 0 Å².